The Balaban J connectivity index is 1.45. The lowest BCUT2D eigenvalue weighted by Gasteiger charge is -2.26. The van der Waals surface area contributed by atoms with E-state index in [-0.39, 0.29) is 0 Å². The lowest BCUT2D eigenvalue weighted by Crippen LogP contribution is -2.29. The van der Waals surface area contributed by atoms with Gasteiger partial charge in [0.1, 0.15) is 0 Å². The Bertz CT molecular complexity index is 258. The van der Waals surface area contributed by atoms with E-state index in [1.165, 1.54) is 77.2 Å². The largest absolute Gasteiger partial charge is 0.378 e. The van der Waals surface area contributed by atoms with Gasteiger partial charge in [-0.15, -0.1) is 0 Å². The fourth-order valence-electron chi connectivity index (χ4n) is 3.99. The van der Waals surface area contributed by atoms with Gasteiger partial charge < -0.3 is 10.1 Å². The first kappa shape index (κ1) is 13.9. The van der Waals surface area contributed by atoms with Crippen molar-refractivity contribution < 1.29 is 4.74 Å². The van der Waals surface area contributed by atoms with Gasteiger partial charge in [-0.1, -0.05) is 25.7 Å². The molecule has 19 heavy (non-hydrogen) atoms. The molecule has 3 fully saturated rings. The van der Waals surface area contributed by atoms with Crippen LogP contribution in [0.25, 0.3) is 0 Å². The highest BCUT2D eigenvalue weighted by Gasteiger charge is 2.28. The average Bonchev–Trinajstić information content (AvgIpc) is 3.16. The van der Waals surface area contributed by atoms with Gasteiger partial charge in [0, 0.05) is 12.6 Å². The number of nitrogens with one attached hydrogen (secondary N) is 1. The van der Waals surface area contributed by atoms with Gasteiger partial charge in [-0.3, -0.25) is 0 Å². The molecule has 1 saturated heterocycles. The minimum absolute atomic E-state index is 0.597. The first-order valence-corrected chi connectivity index (χ1v) is 8.77. The van der Waals surface area contributed by atoms with Gasteiger partial charge in [-0.05, 0) is 63.3 Å². The summed E-state index contributed by atoms with van der Waals surface area (Å²) < 4.78 is 5.80. The first-order valence-electron chi connectivity index (χ1n) is 8.77. The van der Waals surface area contributed by atoms with Crippen LogP contribution in [0.1, 0.15) is 70.6 Å². The van der Waals surface area contributed by atoms with Crippen molar-refractivity contribution in [3.63, 3.8) is 0 Å². The second-order valence-corrected chi connectivity index (χ2v) is 7.05. The van der Waals surface area contributed by atoms with Gasteiger partial charge in [0.2, 0.25) is 0 Å². The van der Waals surface area contributed by atoms with Crippen molar-refractivity contribution in [3.05, 3.63) is 0 Å². The van der Waals surface area contributed by atoms with Gasteiger partial charge in [0.25, 0.3) is 0 Å². The smallest absolute Gasteiger partial charge is 0.0576 e. The summed E-state index contributed by atoms with van der Waals surface area (Å²) in [6.45, 7) is 2.31. The topological polar surface area (TPSA) is 21.3 Å². The molecule has 0 amide bonds. The van der Waals surface area contributed by atoms with Gasteiger partial charge in [0.05, 0.1) is 6.10 Å². The van der Waals surface area contributed by atoms with Crippen LogP contribution >= 0.6 is 0 Å². The minimum Gasteiger partial charge on any atom is -0.378 e. The molecule has 0 radical (unpaired) electrons. The van der Waals surface area contributed by atoms with Crippen LogP contribution in [0.3, 0.4) is 0 Å². The monoisotopic (exact) mass is 265 g/mol. The van der Waals surface area contributed by atoms with Crippen LogP contribution in [0.2, 0.25) is 0 Å². The lowest BCUT2D eigenvalue weighted by atomic mass is 9.83. The molecule has 3 unspecified atom stereocenters. The third-order valence-electron chi connectivity index (χ3n) is 5.45. The normalized spacial score (nSPS) is 36.3. The van der Waals surface area contributed by atoms with Crippen LogP contribution in [0, 0.1) is 11.8 Å². The minimum atomic E-state index is 0.597. The van der Waals surface area contributed by atoms with E-state index in [9.17, 15) is 0 Å². The molecule has 2 nitrogen and oxygen atoms in total. The predicted molar refractivity (Wildman–Crippen MR) is 79.3 cm³/mol. The van der Waals surface area contributed by atoms with E-state index < -0.39 is 0 Å². The Morgan fingerprint density at radius 3 is 2.37 bits per heavy atom. The lowest BCUT2D eigenvalue weighted by molar-refractivity contribution is 0.0935. The quantitative estimate of drug-likeness (QED) is 0.736. The van der Waals surface area contributed by atoms with Gasteiger partial charge in [0.15, 0.2) is 0 Å². The molecule has 2 heteroatoms. The fraction of sp³-hybridized carbons (Fsp3) is 1.00. The molecular weight excluding hydrogens is 234 g/mol. The van der Waals surface area contributed by atoms with Gasteiger partial charge >= 0.3 is 0 Å². The summed E-state index contributed by atoms with van der Waals surface area (Å²) in [6, 6.07) is 0.877. The van der Waals surface area contributed by atoms with Crippen LogP contribution in [0.4, 0.5) is 0 Å². The molecule has 3 aliphatic rings. The predicted octanol–water partition coefficient (Wildman–Crippen LogP) is 3.89. The summed E-state index contributed by atoms with van der Waals surface area (Å²) in [4.78, 5) is 0. The molecule has 0 aromatic rings. The number of rotatable bonds is 6. The molecule has 0 aromatic heterocycles. The Labute approximate surface area is 118 Å². The Hall–Kier alpha value is -0.0800. The van der Waals surface area contributed by atoms with Crippen LogP contribution in [0.5, 0.6) is 0 Å². The molecule has 0 bridgehead atoms. The molecule has 2 aliphatic carbocycles. The molecule has 3 atom stereocenters. The van der Waals surface area contributed by atoms with Gasteiger partial charge in [-0.25, -0.2) is 0 Å². The van der Waals surface area contributed by atoms with Crippen molar-refractivity contribution in [3.8, 4) is 0 Å². The summed E-state index contributed by atoms with van der Waals surface area (Å²) >= 11 is 0. The van der Waals surface area contributed by atoms with E-state index in [0.717, 1.165) is 24.5 Å². The molecule has 1 heterocycles. The Morgan fingerprint density at radius 2 is 1.63 bits per heavy atom. The number of ether oxygens (including phenoxy) is 1. The van der Waals surface area contributed by atoms with E-state index in [1.807, 2.05) is 0 Å². The molecule has 0 spiro atoms. The summed E-state index contributed by atoms with van der Waals surface area (Å²) in [5, 5.41) is 3.78. The number of hydrogen-bond acceptors (Lipinski definition) is 2. The van der Waals surface area contributed by atoms with E-state index in [4.69, 9.17) is 4.74 Å². The highest BCUT2D eigenvalue weighted by atomic mass is 16.5. The highest BCUT2D eigenvalue weighted by molar-refractivity contribution is 4.84. The molecule has 3 rings (SSSR count). The third-order valence-corrected chi connectivity index (χ3v) is 5.45. The standard InChI is InChI=1S/C17H31NO/c1-2-5-14(8-11-17-7-4-12-19-17)15(6-3-1)13-18-16-9-10-16/h14-18H,1-13H2. The van der Waals surface area contributed by atoms with Crippen LogP contribution < -0.4 is 5.32 Å². The summed E-state index contributed by atoms with van der Waals surface area (Å²) in [5.41, 5.74) is 0. The molecule has 110 valence electrons. The average molecular weight is 265 g/mol. The first-order chi connectivity index (χ1) is 9.42. The highest BCUT2D eigenvalue weighted by Crippen LogP contribution is 2.34. The van der Waals surface area contributed by atoms with Crippen molar-refractivity contribution in [2.45, 2.75) is 82.8 Å². The van der Waals surface area contributed by atoms with Gasteiger partial charge in [-0.2, -0.15) is 0 Å². The molecule has 1 aliphatic heterocycles. The van der Waals surface area contributed by atoms with Crippen molar-refractivity contribution in [2.24, 2.45) is 11.8 Å². The number of hydrogen-bond donors (Lipinski definition) is 1. The maximum atomic E-state index is 5.80. The van der Waals surface area contributed by atoms with Crippen molar-refractivity contribution in [2.75, 3.05) is 13.2 Å². The maximum absolute atomic E-state index is 5.80. The Morgan fingerprint density at radius 1 is 0.789 bits per heavy atom. The summed E-state index contributed by atoms with van der Waals surface area (Å²) in [6.07, 6.45) is 16.1. The zero-order valence-electron chi connectivity index (χ0n) is 12.4. The van der Waals surface area contributed by atoms with Crippen LogP contribution in [-0.4, -0.2) is 25.3 Å². The second kappa shape index (κ2) is 7.08. The van der Waals surface area contributed by atoms with E-state index in [2.05, 4.69) is 5.32 Å². The third kappa shape index (κ3) is 4.46. The second-order valence-electron chi connectivity index (χ2n) is 7.05. The molecule has 0 aromatic carbocycles. The summed E-state index contributed by atoms with van der Waals surface area (Å²) in [7, 11) is 0. The SMILES string of the molecule is C1CCC(CCC2CCCO2)C(CNC2CC2)CC1. The van der Waals surface area contributed by atoms with Crippen LogP contribution in [0.15, 0.2) is 0 Å². The fourth-order valence-corrected chi connectivity index (χ4v) is 3.99. The van der Waals surface area contributed by atoms with Crippen molar-refractivity contribution in [1.29, 1.82) is 0 Å². The zero-order chi connectivity index (χ0) is 12.9. The molecule has 1 N–H and O–H groups in total. The van der Waals surface area contributed by atoms with E-state index >= 15 is 0 Å². The summed E-state index contributed by atoms with van der Waals surface area (Å²) in [5.74, 6) is 1.92. The molecular formula is C17H31NO. The van der Waals surface area contributed by atoms with Crippen LogP contribution in [-0.2, 0) is 4.74 Å². The zero-order valence-corrected chi connectivity index (χ0v) is 12.4. The van der Waals surface area contributed by atoms with Crippen molar-refractivity contribution in [1.82, 2.24) is 5.32 Å². The molecule has 2 saturated carbocycles. The van der Waals surface area contributed by atoms with E-state index in [1.54, 1.807) is 0 Å². The van der Waals surface area contributed by atoms with E-state index in [0.29, 0.717) is 6.10 Å². The maximum Gasteiger partial charge on any atom is 0.0576 e. The Kier molecular flexibility index (Phi) is 5.17. The van der Waals surface area contributed by atoms with Crippen molar-refractivity contribution >= 4 is 0 Å².